The van der Waals surface area contributed by atoms with E-state index in [0.29, 0.717) is 13.2 Å². The van der Waals surface area contributed by atoms with Crippen LogP contribution in [0, 0.1) is 0 Å². The third-order valence-corrected chi connectivity index (χ3v) is 2.92. The summed E-state index contributed by atoms with van der Waals surface area (Å²) in [5.74, 6) is -0.277. The Morgan fingerprint density at radius 3 is 2.54 bits per heavy atom. The summed E-state index contributed by atoms with van der Waals surface area (Å²) < 4.78 is 5.36. The lowest BCUT2D eigenvalue weighted by atomic mass is 10.3. The molecule has 0 aromatic rings. The molecule has 0 unspecified atom stereocenters. The van der Waals surface area contributed by atoms with Crippen molar-refractivity contribution < 1.29 is 9.53 Å². The van der Waals surface area contributed by atoms with Gasteiger partial charge in [-0.3, -0.25) is 0 Å². The molecule has 0 aliphatic rings. The van der Waals surface area contributed by atoms with Gasteiger partial charge in [-0.05, 0) is 19.8 Å². The number of rotatable bonds is 5. The Balaban J connectivity index is 3.47. The van der Waals surface area contributed by atoms with Gasteiger partial charge in [-0.25, -0.2) is 4.79 Å². The smallest absolute Gasteiger partial charge is 0.333 e. The zero-order valence-corrected chi connectivity index (χ0v) is 14.2. The van der Waals surface area contributed by atoms with Crippen LogP contribution in [-0.2, 0) is 9.53 Å². The molecule has 0 amide bonds. The Morgan fingerprint density at radius 1 is 1.62 bits per heavy atom. The highest BCUT2D eigenvalue weighted by Crippen LogP contribution is 2.28. The van der Waals surface area contributed by atoms with E-state index in [4.69, 9.17) is 4.74 Å². The van der Waals surface area contributed by atoms with Gasteiger partial charge in [0.05, 0.1) is 7.66 Å². The van der Waals surface area contributed by atoms with Gasteiger partial charge in [-0.15, -0.1) is 0 Å². The van der Waals surface area contributed by atoms with Crippen LogP contribution in [0.1, 0.15) is 19.8 Å². The predicted molar refractivity (Wildman–Crippen MR) is 75.7 cm³/mol. The first-order valence-electron chi connectivity index (χ1n) is 4.03. The van der Waals surface area contributed by atoms with Gasteiger partial charge in [0.15, 0.2) is 0 Å². The quantitative estimate of drug-likeness (QED) is 0.168. The van der Waals surface area contributed by atoms with E-state index in [9.17, 15) is 4.79 Å². The van der Waals surface area contributed by atoms with Gasteiger partial charge >= 0.3 is 5.97 Å². The molecule has 0 saturated heterocycles. The van der Waals surface area contributed by atoms with Gasteiger partial charge in [0.25, 0.3) is 0 Å². The van der Waals surface area contributed by atoms with E-state index in [-0.39, 0.29) is 5.97 Å². The van der Waals surface area contributed by atoms with E-state index in [1.807, 2.05) is 0 Å². The van der Waals surface area contributed by atoms with Crippen molar-refractivity contribution in [2.24, 2.45) is 0 Å². The summed E-state index contributed by atoms with van der Waals surface area (Å²) in [5.41, 5.74) is 0.473. The molecule has 0 radical (unpaired) electrons. The summed E-state index contributed by atoms with van der Waals surface area (Å²) in [5, 5.41) is 0. The molecule has 13 heavy (non-hydrogen) atoms. The normalized spacial score (nSPS) is 11.3. The molecule has 0 spiro atoms. The topological polar surface area (TPSA) is 26.3 Å². The van der Waals surface area contributed by atoms with Crippen LogP contribution in [0.4, 0.5) is 0 Å². The van der Waals surface area contributed by atoms with Crippen molar-refractivity contribution in [2.45, 2.75) is 20.8 Å². The zero-order chi connectivity index (χ0) is 10.5. The first-order valence-corrected chi connectivity index (χ1v) is 7.19. The van der Waals surface area contributed by atoms with Crippen molar-refractivity contribution in [3.05, 3.63) is 12.2 Å². The van der Waals surface area contributed by atoms with Crippen LogP contribution in [0.2, 0.25) is 0 Å². The van der Waals surface area contributed by atoms with Gasteiger partial charge in [0, 0.05) is 15.8 Å². The van der Waals surface area contributed by atoms with Crippen LogP contribution in [0.25, 0.3) is 0 Å². The molecule has 0 aliphatic heterocycles. The SMILES string of the molecule is C=C(C)C(=O)OCCCC([SiH3])(I)I. The highest BCUT2D eigenvalue weighted by molar-refractivity contribution is 14.2. The van der Waals surface area contributed by atoms with E-state index < -0.39 is 0 Å². The van der Waals surface area contributed by atoms with Crippen molar-refractivity contribution in [3.8, 4) is 0 Å². The molecule has 5 heteroatoms. The molecule has 0 aliphatic carbocycles. The second kappa shape index (κ2) is 6.39. The van der Waals surface area contributed by atoms with Gasteiger partial charge < -0.3 is 4.74 Å². The van der Waals surface area contributed by atoms with Crippen molar-refractivity contribution in [1.29, 1.82) is 0 Å². The summed E-state index contributed by atoms with van der Waals surface area (Å²) in [4.78, 5) is 11.0. The lowest BCUT2D eigenvalue weighted by molar-refractivity contribution is -0.139. The minimum absolute atomic E-state index is 0.277. The van der Waals surface area contributed by atoms with Gasteiger partial charge in [-0.2, -0.15) is 0 Å². The molecule has 0 heterocycles. The Bertz CT molecular complexity index is 199. The molecule has 0 bridgehead atoms. The van der Waals surface area contributed by atoms with Crippen molar-refractivity contribution in [2.75, 3.05) is 6.61 Å². The van der Waals surface area contributed by atoms with E-state index in [1.54, 1.807) is 6.92 Å². The average molecular weight is 424 g/mol. The molecule has 0 aromatic carbocycles. The standard InChI is InChI=1S/C8H14I2O2Si/c1-6(2)7(11)12-5-3-4-8(9,10)13/h1,3-5H2,2,13H3. The maximum absolute atomic E-state index is 11.0. The number of ether oxygens (including phenoxy) is 1. The van der Waals surface area contributed by atoms with Gasteiger partial charge in [0.1, 0.15) is 0 Å². The number of hydrogen-bond donors (Lipinski definition) is 0. The zero-order valence-electron chi connectivity index (χ0n) is 7.90. The lowest BCUT2D eigenvalue weighted by Gasteiger charge is -2.13. The lowest BCUT2D eigenvalue weighted by Crippen LogP contribution is -2.13. The number of halogens is 2. The molecule has 0 saturated carbocycles. The van der Waals surface area contributed by atoms with Crippen LogP contribution in [0.5, 0.6) is 0 Å². The van der Waals surface area contributed by atoms with E-state index in [0.717, 1.165) is 23.1 Å². The highest BCUT2D eigenvalue weighted by atomic mass is 127. The molecule has 0 N–H and O–H groups in total. The molecule has 2 nitrogen and oxygen atoms in total. The Morgan fingerprint density at radius 2 is 2.15 bits per heavy atom. The van der Waals surface area contributed by atoms with E-state index in [2.05, 4.69) is 51.8 Å². The van der Waals surface area contributed by atoms with E-state index >= 15 is 0 Å². The number of carbonyl (C=O) groups excluding carboxylic acids is 1. The Hall–Kier alpha value is 0.887. The van der Waals surface area contributed by atoms with Crippen LogP contribution in [0.3, 0.4) is 0 Å². The third kappa shape index (κ3) is 9.20. The second-order valence-electron chi connectivity index (χ2n) is 3.09. The first kappa shape index (κ1) is 13.9. The second-order valence-corrected chi connectivity index (χ2v) is 15.7. The van der Waals surface area contributed by atoms with Crippen molar-refractivity contribution in [3.63, 3.8) is 0 Å². The number of esters is 1. The van der Waals surface area contributed by atoms with Crippen molar-refractivity contribution >= 4 is 61.4 Å². The molecule has 0 rings (SSSR count). The highest BCUT2D eigenvalue weighted by Gasteiger charge is 2.14. The van der Waals surface area contributed by atoms with Crippen LogP contribution < -0.4 is 0 Å². The number of alkyl halides is 2. The molecule has 0 aromatic heterocycles. The van der Waals surface area contributed by atoms with Gasteiger partial charge in [0.2, 0.25) is 0 Å². The van der Waals surface area contributed by atoms with Crippen molar-refractivity contribution in [1.82, 2.24) is 0 Å². The fourth-order valence-electron chi connectivity index (χ4n) is 0.671. The monoisotopic (exact) mass is 424 g/mol. The van der Waals surface area contributed by atoms with Crippen LogP contribution >= 0.6 is 45.2 Å². The number of carbonyl (C=O) groups is 1. The molecular formula is C8H14I2O2Si. The van der Waals surface area contributed by atoms with Crippen LogP contribution in [0.15, 0.2) is 12.2 Å². The largest absolute Gasteiger partial charge is 0.462 e. The summed E-state index contributed by atoms with van der Waals surface area (Å²) in [7, 11) is 1.15. The first-order chi connectivity index (χ1) is 5.83. The molecule has 76 valence electrons. The molecule has 0 fully saturated rings. The summed E-state index contributed by atoms with van der Waals surface area (Å²) >= 11 is 4.87. The molecule has 0 atom stereocenters. The fraction of sp³-hybridized carbons (Fsp3) is 0.625. The van der Waals surface area contributed by atoms with Crippen LogP contribution in [-0.4, -0.2) is 23.9 Å². The third-order valence-electron chi connectivity index (χ3n) is 1.34. The maximum Gasteiger partial charge on any atom is 0.333 e. The maximum atomic E-state index is 11.0. The summed E-state index contributed by atoms with van der Waals surface area (Å²) in [6, 6.07) is 0. The Labute approximate surface area is 110 Å². The molecular weight excluding hydrogens is 410 g/mol. The minimum Gasteiger partial charge on any atom is -0.462 e. The number of hydrogen-bond acceptors (Lipinski definition) is 2. The Kier molecular flexibility index (Phi) is 6.82. The van der Waals surface area contributed by atoms with Gasteiger partial charge in [-0.1, -0.05) is 51.8 Å². The van der Waals surface area contributed by atoms with E-state index in [1.165, 1.54) is 0 Å². The summed E-state index contributed by atoms with van der Waals surface area (Å²) in [6.45, 7) is 5.69. The summed E-state index contributed by atoms with van der Waals surface area (Å²) in [6.07, 6.45) is 2.04. The minimum atomic E-state index is -0.277. The average Bonchev–Trinajstić information content (AvgIpc) is 1.95. The predicted octanol–water partition coefficient (Wildman–Crippen LogP) is 1.78. The fourth-order valence-corrected chi connectivity index (χ4v) is 1.79.